The second-order valence-electron chi connectivity index (χ2n) is 7.67. The largest absolute Gasteiger partial charge is 0.507 e. The maximum Gasteiger partial charge on any atom is 0.328 e. The van der Waals surface area contributed by atoms with Crippen LogP contribution in [0.3, 0.4) is 0 Å². The van der Waals surface area contributed by atoms with E-state index in [2.05, 4.69) is 10.6 Å². The molecule has 2 aromatic carbocycles. The topological polar surface area (TPSA) is 96.9 Å². The lowest BCUT2D eigenvalue weighted by atomic mass is 10.0. The Morgan fingerprint density at radius 1 is 1.12 bits per heavy atom. The number of carbonyl (C=O) groups excluding carboxylic acids is 2. The highest BCUT2D eigenvalue weighted by atomic mass is 16.5. The monoisotopic (exact) mass is 442 g/mol. The fourth-order valence-corrected chi connectivity index (χ4v) is 3.45. The number of phenols is 1. The molecule has 0 aliphatic rings. The summed E-state index contributed by atoms with van der Waals surface area (Å²) in [6.45, 7) is 6.92. The average molecular weight is 443 g/mol. The average Bonchev–Trinajstić information content (AvgIpc) is 2.78. The van der Waals surface area contributed by atoms with Crippen LogP contribution >= 0.6 is 0 Å². The van der Waals surface area contributed by atoms with Gasteiger partial charge in [0, 0.05) is 12.0 Å². The van der Waals surface area contributed by atoms with Crippen LogP contribution < -0.4 is 15.4 Å². The number of rotatable bonds is 12. The molecule has 2 aromatic rings. The number of carbonyl (C=O) groups is 2. The summed E-state index contributed by atoms with van der Waals surface area (Å²) in [4.78, 5) is 25.5. The predicted octanol–water partition coefficient (Wildman–Crippen LogP) is 3.29. The molecule has 0 heterocycles. The van der Waals surface area contributed by atoms with E-state index in [1.807, 2.05) is 44.3 Å². The van der Waals surface area contributed by atoms with Crippen molar-refractivity contribution in [2.45, 2.75) is 46.1 Å². The normalized spacial score (nSPS) is 11.6. The molecule has 0 aliphatic carbocycles. The van der Waals surface area contributed by atoms with E-state index < -0.39 is 17.9 Å². The number of unbranched alkanes of at least 4 members (excludes halogenated alkanes) is 1. The van der Waals surface area contributed by atoms with Crippen LogP contribution in [-0.4, -0.2) is 49.8 Å². The van der Waals surface area contributed by atoms with Gasteiger partial charge in [-0.05, 0) is 64.4 Å². The molecular formula is C25H34N2O5. The molecule has 1 unspecified atom stereocenters. The van der Waals surface area contributed by atoms with Crippen LogP contribution in [0.1, 0.15) is 46.8 Å². The van der Waals surface area contributed by atoms with Crippen LogP contribution in [0, 0.1) is 13.8 Å². The number of nitrogens with one attached hydrogen (secondary N) is 2. The van der Waals surface area contributed by atoms with Crippen molar-refractivity contribution in [3.63, 3.8) is 0 Å². The standard InChI is InChI=1S/C25H34N2O5/c1-5-31-25(30)21(16-19-11-7-6-8-12-19)27-24(29)20-15-17(2)23(18(3)22(20)28)32-14-10-9-13-26-4/h6-8,11-12,15,21,26,28H,5,9-10,13-14,16H2,1-4H3,(H,27,29). The zero-order valence-corrected chi connectivity index (χ0v) is 19.4. The summed E-state index contributed by atoms with van der Waals surface area (Å²) in [6.07, 6.45) is 2.15. The Hall–Kier alpha value is -3.06. The molecule has 0 aliphatic heterocycles. The van der Waals surface area contributed by atoms with E-state index in [9.17, 15) is 14.7 Å². The summed E-state index contributed by atoms with van der Waals surface area (Å²) in [5.41, 5.74) is 2.24. The first-order valence-corrected chi connectivity index (χ1v) is 11.0. The van der Waals surface area contributed by atoms with E-state index in [0.717, 1.165) is 30.5 Å². The molecule has 0 saturated heterocycles. The molecule has 0 aromatic heterocycles. The molecule has 7 nitrogen and oxygen atoms in total. The van der Waals surface area contributed by atoms with E-state index in [0.29, 0.717) is 17.9 Å². The van der Waals surface area contributed by atoms with Crippen LogP contribution in [0.4, 0.5) is 0 Å². The van der Waals surface area contributed by atoms with E-state index in [4.69, 9.17) is 9.47 Å². The van der Waals surface area contributed by atoms with Gasteiger partial charge in [-0.2, -0.15) is 0 Å². The summed E-state index contributed by atoms with van der Waals surface area (Å²) >= 11 is 0. The van der Waals surface area contributed by atoms with Crippen molar-refractivity contribution in [2.24, 2.45) is 0 Å². The first-order chi connectivity index (χ1) is 15.4. The maximum absolute atomic E-state index is 13.0. The zero-order valence-electron chi connectivity index (χ0n) is 19.4. The number of hydrogen-bond acceptors (Lipinski definition) is 6. The van der Waals surface area contributed by atoms with Gasteiger partial charge in [-0.15, -0.1) is 0 Å². The second kappa shape index (κ2) is 12.7. The van der Waals surface area contributed by atoms with Gasteiger partial charge in [0.05, 0.1) is 18.8 Å². The first kappa shape index (κ1) is 25.2. The van der Waals surface area contributed by atoms with Crippen LogP contribution in [0.5, 0.6) is 11.5 Å². The third-order valence-corrected chi connectivity index (χ3v) is 5.14. The van der Waals surface area contributed by atoms with Gasteiger partial charge in [-0.3, -0.25) is 4.79 Å². The third kappa shape index (κ3) is 6.99. The van der Waals surface area contributed by atoms with Crippen molar-refractivity contribution in [3.05, 3.63) is 58.7 Å². The summed E-state index contributed by atoms with van der Waals surface area (Å²) in [5, 5.41) is 16.5. The summed E-state index contributed by atoms with van der Waals surface area (Å²) in [5.74, 6) is -0.627. The molecule has 3 N–H and O–H groups in total. The zero-order chi connectivity index (χ0) is 23.5. The molecule has 0 spiro atoms. The lowest BCUT2D eigenvalue weighted by molar-refractivity contribution is -0.145. The van der Waals surface area contributed by atoms with Gasteiger partial charge in [-0.1, -0.05) is 30.3 Å². The van der Waals surface area contributed by atoms with Crippen molar-refractivity contribution >= 4 is 11.9 Å². The van der Waals surface area contributed by atoms with Crippen molar-refractivity contribution in [1.82, 2.24) is 10.6 Å². The SMILES string of the molecule is CCOC(=O)C(Cc1ccccc1)NC(=O)c1cc(C)c(OCCCCNC)c(C)c1O. The molecule has 1 amide bonds. The van der Waals surface area contributed by atoms with E-state index in [1.54, 1.807) is 19.9 Å². The van der Waals surface area contributed by atoms with Gasteiger partial charge in [0.1, 0.15) is 17.5 Å². The molecule has 0 fully saturated rings. The van der Waals surface area contributed by atoms with Crippen LogP contribution in [0.15, 0.2) is 36.4 Å². The number of aromatic hydroxyl groups is 1. The minimum Gasteiger partial charge on any atom is -0.507 e. The van der Waals surface area contributed by atoms with Crippen LogP contribution in [0.25, 0.3) is 0 Å². The van der Waals surface area contributed by atoms with Crippen molar-refractivity contribution in [1.29, 1.82) is 0 Å². The molecule has 0 saturated carbocycles. The minimum atomic E-state index is -0.868. The maximum atomic E-state index is 13.0. The molecule has 32 heavy (non-hydrogen) atoms. The number of amides is 1. The fourth-order valence-electron chi connectivity index (χ4n) is 3.45. The quantitative estimate of drug-likeness (QED) is 0.345. The Balaban J connectivity index is 2.17. The molecule has 7 heteroatoms. The highest BCUT2D eigenvalue weighted by Gasteiger charge is 2.26. The molecule has 2 rings (SSSR count). The van der Waals surface area contributed by atoms with Gasteiger partial charge < -0.3 is 25.2 Å². The predicted molar refractivity (Wildman–Crippen MR) is 124 cm³/mol. The second-order valence-corrected chi connectivity index (χ2v) is 7.67. The first-order valence-electron chi connectivity index (χ1n) is 11.0. The van der Waals surface area contributed by atoms with Gasteiger partial charge >= 0.3 is 5.97 Å². The Morgan fingerprint density at radius 2 is 1.84 bits per heavy atom. The van der Waals surface area contributed by atoms with Crippen molar-refractivity contribution in [3.8, 4) is 11.5 Å². The number of esters is 1. The Bertz CT molecular complexity index is 899. The van der Waals surface area contributed by atoms with E-state index >= 15 is 0 Å². The number of benzene rings is 2. The Labute approximate surface area is 190 Å². The number of hydrogen-bond donors (Lipinski definition) is 3. The molecule has 1 atom stereocenters. The minimum absolute atomic E-state index is 0.102. The fraction of sp³-hybridized carbons (Fsp3) is 0.440. The smallest absolute Gasteiger partial charge is 0.328 e. The third-order valence-electron chi connectivity index (χ3n) is 5.14. The molecule has 174 valence electrons. The summed E-state index contributed by atoms with van der Waals surface area (Å²) in [7, 11) is 1.91. The lowest BCUT2D eigenvalue weighted by Crippen LogP contribution is -2.43. The van der Waals surface area contributed by atoms with Crippen molar-refractivity contribution in [2.75, 3.05) is 26.8 Å². The van der Waals surface area contributed by atoms with Gasteiger partial charge in [-0.25, -0.2) is 4.79 Å². The molecular weight excluding hydrogens is 408 g/mol. The van der Waals surface area contributed by atoms with E-state index in [-0.39, 0.29) is 24.3 Å². The van der Waals surface area contributed by atoms with Crippen LogP contribution in [0.2, 0.25) is 0 Å². The Morgan fingerprint density at radius 3 is 2.50 bits per heavy atom. The van der Waals surface area contributed by atoms with Gasteiger partial charge in [0.15, 0.2) is 0 Å². The summed E-state index contributed by atoms with van der Waals surface area (Å²) < 4.78 is 11.0. The Kier molecular flexibility index (Phi) is 10.0. The van der Waals surface area contributed by atoms with Gasteiger partial charge in [0.25, 0.3) is 5.91 Å². The highest BCUT2D eigenvalue weighted by molar-refractivity contribution is 6.00. The van der Waals surface area contributed by atoms with Crippen molar-refractivity contribution < 1.29 is 24.2 Å². The number of ether oxygens (including phenoxy) is 2. The van der Waals surface area contributed by atoms with E-state index in [1.165, 1.54) is 0 Å². The van der Waals surface area contributed by atoms with Gasteiger partial charge in [0.2, 0.25) is 0 Å². The molecule has 0 radical (unpaired) electrons. The highest BCUT2D eigenvalue weighted by Crippen LogP contribution is 2.34. The lowest BCUT2D eigenvalue weighted by Gasteiger charge is -2.20. The van der Waals surface area contributed by atoms with Crippen LogP contribution in [-0.2, 0) is 16.0 Å². The number of phenolic OH excluding ortho intramolecular Hbond substituents is 1. The summed E-state index contributed by atoms with van der Waals surface area (Å²) in [6, 6.07) is 10.1. The molecule has 0 bridgehead atoms. The number of aryl methyl sites for hydroxylation is 1.